The first-order valence-corrected chi connectivity index (χ1v) is 8.38. The van der Waals surface area contributed by atoms with Gasteiger partial charge in [-0.05, 0) is 42.3 Å². The summed E-state index contributed by atoms with van der Waals surface area (Å²) in [5, 5.41) is 8.10. The number of nitrogens with one attached hydrogen (secondary N) is 3. The summed E-state index contributed by atoms with van der Waals surface area (Å²) >= 11 is 0. The zero-order valence-electron chi connectivity index (χ0n) is 14.2. The number of nitrogens with zero attached hydrogens (tertiary/aromatic N) is 1. The summed E-state index contributed by atoms with van der Waals surface area (Å²) in [4.78, 5) is 24.9. The predicted octanol–water partition coefficient (Wildman–Crippen LogP) is 2.64. The van der Waals surface area contributed by atoms with E-state index in [2.05, 4.69) is 45.1 Å². The van der Waals surface area contributed by atoms with Crippen LogP contribution in [0.2, 0.25) is 0 Å². The molecule has 2 aromatic rings. The van der Waals surface area contributed by atoms with E-state index in [0.29, 0.717) is 13.1 Å². The Morgan fingerprint density at radius 2 is 1.72 bits per heavy atom. The zero-order chi connectivity index (χ0) is 17.6. The molecule has 2 aromatic carbocycles. The van der Waals surface area contributed by atoms with Gasteiger partial charge in [0, 0.05) is 43.6 Å². The number of hydrogen-bond donors (Lipinski definition) is 3. The number of carbonyl (C=O) groups is 2. The van der Waals surface area contributed by atoms with Crippen LogP contribution < -0.4 is 20.9 Å². The number of anilines is 3. The van der Waals surface area contributed by atoms with Gasteiger partial charge in [-0.3, -0.25) is 4.79 Å². The lowest BCUT2D eigenvalue weighted by atomic mass is 10.2. The third kappa shape index (κ3) is 4.29. The van der Waals surface area contributed by atoms with E-state index in [-0.39, 0.29) is 11.9 Å². The van der Waals surface area contributed by atoms with Crippen molar-refractivity contribution in [3.05, 3.63) is 54.1 Å². The quantitative estimate of drug-likeness (QED) is 0.734. The molecule has 1 aliphatic rings. The van der Waals surface area contributed by atoms with Gasteiger partial charge in [0.15, 0.2) is 0 Å². The van der Waals surface area contributed by atoms with Crippen LogP contribution in [0.15, 0.2) is 48.5 Å². The summed E-state index contributed by atoms with van der Waals surface area (Å²) in [6.45, 7) is 3.21. The highest BCUT2D eigenvalue weighted by molar-refractivity contribution is 5.89. The van der Waals surface area contributed by atoms with Crippen molar-refractivity contribution in [2.45, 2.75) is 13.3 Å². The summed E-state index contributed by atoms with van der Waals surface area (Å²) < 4.78 is 0. The monoisotopic (exact) mass is 338 g/mol. The van der Waals surface area contributed by atoms with Gasteiger partial charge in [-0.15, -0.1) is 0 Å². The Balaban J connectivity index is 1.54. The lowest BCUT2D eigenvalue weighted by molar-refractivity contribution is -0.118. The van der Waals surface area contributed by atoms with Gasteiger partial charge >= 0.3 is 6.03 Å². The standard InChI is InChI=1S/C19H22N4O2/c1-14(24)20-11-12-21-19(25)22-16-6-8-17(9-7-16)23-13-10-15-4-2-3-5-18(15)23/h2-9H,10-13H2,1H3,(H,20,24)(H2,21,22,25). The highest BCUT2D eigenvalue weighted by Gasteiger charge is 2.19. The summed E-state index contributed by atoms with van der Waals surface area (Å²) in [5.74, 6) is -0.110. The van der Waals surface area contributed by atoms with Crippen molar-refractivity contribution < 1.29 is 9.59 Å². The molecule has 0 unspecified atom stereocenters. The van der Waals surface area contributed by atoms with Crippen molar-refractivity contribution >= 4 is 29.0 Å². The smallest absolute Gasteiger partial charge is 0.319 e. The van der Waals surface area contributed by atoms with Gasteiger partial charge in [-0.2, -0.15) is 0 Å². The Kier molecular flexibility index (Phi) is 5.18. The summed E-state index contributed by atoms with van der Waals surface area (Å²) in [6.07, 6.45) is 1.05. The summed E-state index contributed by atoms with van der Waals surface area (Å²) in [5.41, 5.74) is 4.46. The zero-order valence-corrected chi connectivity index (χ0v) is 14.2. The fourth-order valence-electron chi connectivity index (χ4n) is 2.92. The van der Waals surface area contributed by atoms with Crippen molar-refractivity contribution in [3.63, 3.8) is 0 Å². The van der Waals surface area contributed by atoms with E-state index < -0.39 is 0 Å². The maximum atomic E-state index is 11.8. The Morgan fingerprint density at radius 3 is 2.48 bits per heavy atom. The van der Waals surface area contributed by atoms with E-state index in [4.69, 9.17) is 0 Å². The van der Waals surface area contributed by atoms with Gasteiger partial charge in [0.2, 0.25) is 5.91 Å². The molecule has 0 spiro atoms. The fourth-order valence-corrected chi connectivity index (χ4v) is 2.92. The first-order valence-electron chi connectivity index (χ1n) is 8.38. The van der Waals surface area contributed by atoms with Gasteiger partial charge < -0.3 is 20.9 Å². The van der Waals surface area contributed by atoms with Gasteiger partial charge in [-0.1, -0.05) is 18.2 Å². The van der Waals surface area contributed by atoms with Crippen molar-refractivity contribution in [2.24, 2.45) is 0 Å². The number of urea groups is 1. The summed E-state index contributed by atoms with van der Waals surface area (Å²) in [6, 6.07) is 15.9. The minimum Gasteiger partial charge on any atom is -0.355 e. The van der Waals surface area contributed by atoms with Crippen LogP contribution in [-0.2, 0) is 11.2 Å². The van der Waals surface area contributed by atoms with E-state index in [1.807, 2.05) is 24.3 Å². The first kappa shape index (κ1) is 16.8. The molecule has 0 aromatic heterocycles. The minimum absolute atomic E-state index is 0.110. The molecule has 0 saturated heterocycles. The van der Waals surface area contributed by atoms with Gasteiger partial charge in [-0.25, -0.2) is 4.79 Å². The normalized spacial score (nSPS) is 12.4. The van der Waals surface area contributed by atoms with Crippen LogP contribution in [0.3, 0.4) is 0 Å². The van der Waals surface area contributed by atoms with Crippen LogP contribution in [0, 0.1) is 0 Å². The highest BCUT2D eigenvalue weighted by Crippen LogP contribution is 2.34. The van der Waals surface area contributed by atoms with E-state index in [9.17, 15) is 9.59 Å². The summed E-state index contributed by atoms with van der Waals surface area (Å²) in [7, 11) is 0. The second-order valence-corrected chi connectivity index (χ2v) is 5.94. The number of amides is 3. The Morgan fingerprint density at radius 1 is 1.00 bits per heavy atom. The Labute approximate surface area is 147 Å². The van der Waals surface area contributed by atoms with Crippen LogP contribution in [0.5, 0.6) is 0 Å². The number of rotatable bonds is 5. The molecule has 0 saturated carbocycles. The molecule has 3 amide bonds. The molecule has 0 radical (unpaired) electrons. The van der Waals surface area contributed by atoms with Crippen molar-refractivity contribution in [2.75, 3.05) is 29.9 Å². The highest BCUT2D eigenvalue weighted by atomic mass is 16.2. The van der Waals surface area contributed by atoms with Crippen molar-refractivity contribution in [1.29, 1.82) is 0 Å². The average molecular weight is 338 g/mol. The molecule has 130 valence electrons. The maximum Gasteiger partial charge on any atom is 0.319 e. The van der Waals surface area contributed by atoms with Gasteiger partial charge in [0.05, 0.1) is 0 Å². The van der Waals surface area contributed by atoms with E-state index in [0.717, 1.165) is 24.3 Å². The molecule has 3 N–H and O–H groups in total. The molecule has 0 atom stereocenters. The van der Waals surface area contributed by atoms with Crippen molar-refractivity contribution in [3.8, 4) is 0 Å². The molecule has 25 heavy (non-hydrogen) atoms. The van der Waals surface area contributed by atoms with Gasteiger partial charge in [0.1, 0.15) is 0 Å². The number of para-hydroxylation sites is 1. The van der Waals surface area contributed by atoms with Crippen LogP contribution in [0.4, 0.5) is 21.9 Å². The molecule has 6 heteroatoms. The van der Waals surface area contributed by atoms with Gasteiger partial charge in [0.25, 0.3) is 0 Å². The number of benzene rings is 2. The molecule has 6 nitrogen and oxygen atoms in total. The topological polar surface area (TPSA) is 73.5 Å². The second kappa shape index (κ2) is 7.70. The molecular weight excluding hydrogens is 316 g/mol. The predicted molar refractivity (Wildman–Crippen MR) is 99.3 cm³/mol. The SMILES string of the molecule is CC(=O)NCCNC(=O)Nc1ccc(N2CCc3ccccc32)cc1. The number of hydrogen-bond acceptors (Lipinski definition) is 3. The molecule has 1 aliphatic heterocycles. The molecule has 0 fully saturated rings. The lowest BCUT2D eigenvalue weighted by Crippen LogP contribution is -2.36. The van der Waals surface area contributed by atoms with Crippen LogP contribution in [0.25, 0.3) is 0 Å². The van der Waals surface area contributed by atoms with Crippen LogP contribution in [0.1, 0.15) is 12.5 Å². The van der Waals surface area contributed by atoms with E-state index in [1.165, 1.54) is 18.2 Å². The van der Waals surface area contributed by atoms with Crippen molar-refractivity contribution in [1.82, 2.24) is 10.6 Å². The average Bonchev–Trinajstić information content (AvgIpc) is 3.03. The molecule has 0 bridgehead atoms. The fraction of sp³-hybridized carbons (Fsp3) is 0.263. The molecule has 1 heterocycles. The lowest BCUT2D eigenvalue weighted by Gasteiger charge is -2.20. The van der Waals surface area contributed by atoms with E-state index in [1.54, 1.807) is 0 Å². The third-order valence-electron chi connectivity index (χ3n) is 4.11. The largest absolute Gasteiger partial charge is 0.355 e. The van der Waals surface area contributed by atoms with Crippen LogP contribution >= 0.6 is 0 Å². The van der Waals surface area contributed by atoms with Crippen LogP contribution in [-0.4, -0.2) is 31.6 Å². The minimum atomic E-state index is -0.287. The Hall–Kier alpha value is -3.02. The first-order chi connectivity index (χ1) is 12.1. The second-order valence-electron chi connectivity index (χ2n) is 5.94. The molecular formula is C19H22N4O2. The number of carbonyl (C=O) groups excluding carboxylic acids is 2. The molecule has 0 aliphatic carbocycles. The Bertz CT molecular complexity index is 758. The number of fused-ring (bicyclic) bond motifs is 1. The van der Waals surface area contributed by atoms with E-state index >= 15 is 0 Å². The molecule has 3 rings (SSSR count). The third-order valence-corrected chi connectivity index (χ3v) is 4.11. The maximum absolute atomic E-state index is 11.8.